The van der Waals surface area contributed by atoms with Gasteiger partial charge in [-0.1, -0.05) is 0 Å². The Labute approximate surface area is 118 Å². The van der Waals surface area contributed by atoms with Crippen molar-refractivity contribution in [3.05, 3.63) is 34.8 Å². The van der Waals surface area contributed by atoms with Crippen LogP contribution in [0.3, 0.4) is 0 Å². The summed E-state index contributed by atoms with van der Waals surface area (Å²) in [5.41, 5.74) is 10.1. The Morgan fingerprint density at radius 3 is 2.10 bits per heavy atom. The zero-order valence-corrected chi connectivity index (χ0v) is 12.8. The highest BCUT2D eigenvalue weighted by Gasteiger charge is 2.22. The molecule has 106 valence electrons. The molecule has 3 rings (SSSR count). The van der Waals surface area contributed by atoms with Crippen molar-refractivity contribution in [3.63, 3.8) is 0 Å². The van der Waals surface area contributed by atoms with E-state index >= 15 is 0 Å². The van der Waals surface area contributed by atoms with Gasteiger partial charge in [0.05, 0.1) is 0 Å². The summed E-state index contributed by atoms with van der Waals surface area (Å²) in [6.07, 6.45) is 0.756. The molecule has 2 N–H and O–H groups in total. The molecule has 2 heterocycles. The van der Waals surface area contributed by atoms with Crippen molar-refractivity contribution in [2.24, 2.45) is 5.73 Å². The van der Waals surface area contributed by atoms with Crippen molar-refractivity contribution >= 4 is 21.9 Å². The summed E-state index contributed by atoms with van der Waals surface area (Å²) in [5, 5.41) is 2.25. The number of fused-ring (bicyclic) bond motifs is 2. The maximum absolute atomic E-state index is 6.23. The Bertz CT molecular complexity index is 742. The summed E-state index contributed by atoms with van der Waals surface area (Å²) in [5.74, 6) is 1.84. The van der Waals surface area contributed by atoms with Crippen LogP contribution in [0.25, 0.3) is 21.9 Å². The minimum atomic E-state index is -0.291. The van der Waals surface area contributed by atoms with Gasteiger partial charge in [-0.25, -0.2) is 0 Å². The summed E-state index contributed by atoms with van der Waals surface area (Å²) in [4.78, 5) is 0. The van der Waals surface area contributed by atoms with Gasteiger partial charge in [-0.2, -0.15) is 0 Å². The van der Waals surface area contributed by atoms with Gasteiger partial charge in [-0.3, -0.25) is 0 Å². The molecule has 0 fully saturated rings. The molecule has 0 radical (unpaired) electrons. The van der Waals surface area contributed by atoms with E-state index in [-0.39, 0.29) is 5.54 Å². The quantitative estimate of drug-likeness (QED) is 0.752. The lowest BCUT2D eigenvalue weighted by Gasteiger charge is -2.19. The van der Waals surface area contributed by atoms with Crippen LogP contribution in [0.5, 0.6) is 0 Å². The lowest BCUT2D eigenvalue weighted by molar-refractivity contribution is 0.510. The van der Waals surface area contributed by atoms with Crippen molar-refractivity contribution in [1.29, 1.82) is 0 Å². The maximum atomic E-state index is 6.23. The van der Waals surface area contributed by atoms with Crippen LogP contribution in [0.1, 0.15) is 36.5 Å². The van der Waals surface area contributed by atoms with Crippen molar-refractivity contribution < 1.29 is 8.83 Å². The van der Waals surface area contributed by atoms with E-state index in [1.165, 1.54) is 0 Å². The number of hydrogen-bond donors (Lipinski definition) is 1. The zero-order valence-electron chi connectivity index (χ0n) is 12.8. The molecular weight excluding hydrogens is 250 g/mol. The van der Waals surface area contributed by atoms with Gasteiger partial charge in [0.25, 0.3) is 0 Å². The molecule has 0 amide bonds. The summed E-state index contributed by atoms with van der Waals surface area (Å²) in [6.45, 7) is 10.1. The molecular formula is C17H21NO2. The third kappa shape index (κ3) is 2.02. The van der Waals surface area contributed by atoms with E-state index in [9.17, 15) is 0 Å². The maximum Gasteiger partial charge on any atom is 0.138 e. The van der Waals surface area contributed by atoms with Crippen LogP contribution in [0.2, 0.25) is 0 Å². The third-order valence-electron chi connectivity index (χ3n) is 3.69. The van der Waals surface area contributed by atoms with Crippen molar-refractivity contribution in [3.8, 4) is 0 Å². The molecule has 0 atom stereocenters. The van der Waals surface area contributed by atoms with Crippen LogP contribution < -0.4 is 5.73 Å². The highest BCUT2D eigenvalue weighted by atomic mass is 16.3. The third-order valence-corrected chi connectivity index (χ3v) is 3.69. The van der Waals surface area contributed by atoms with E-state index in [0.717, 1.165) is 51.0 Å². The lowest BCUT2D eigenvalue weighted by Crippen LogP contribution is -2.34. The first-order valence-corrected chi connectivity index (χ1v) is 6.97. The molecule has 0 saturated carbocycles. The topological polar surface area (TPSA) is 52.3 Å². The van der Waals surface area contributed by atoms with E-state index < -0.39 is 0 Å². The fourth-order valence-electron chi connectivity index (χ4n) is 2.91. The first-order chi connectivity index (χ1) is 9.26. The largest absolute Gasteiger partial charge is 0.461 e. The molecule has 3 heteroatoms. The molecule has 0 aliphatic carbocycles. The Balaban J connectivity index is 2.44. The standard InChI is InChI=1S/C17H21NO2/c1-9-6-12-11(3)15-13(7-10(2)19-15)14(16(12)20-9)8-17(4,5)18/h6-7H,8,18H2,1-5H3. The van der Waals surface area contributed by atoms with Crippen LogP contribution in [0.4, 0.5) is 0 Å². The van der Waals surface area contributed by atoms with Gasteiger partial charge < -0.3 is 14.6 Å². The second-order valence-electron chi connectivity index (χ2n) is 6.47. The number of nitrogens with two attached hydrogens (primary N) is 1. The van der Waals surface area contributed by atoms with E-state index in [0.29, 0.717) is 0 Å². The Hall–Kier alpha value is -1.74. The monoisotopic (exact) mass is 271 g/mol. The van der Waals surface area contributed by atoms with Crippen molar-refractivity contribution in [2.75, 3.05) is 0 Å². The van der Waals surface area contributed by atoms with Crippen LogP contribution in [0, 0.1) is 20.8 Å². The molecule has 0 saturated heterocycles. The summed E-state index contributed by atoms with van der Waals surface area (Å²) in [6, 6.07) is 4.16. The lowest BCUT2D eigenvalue weighted by atomic mass is 9.91. The van der Waals surface area contributed by atoms with E-state index in [2.05, 4.69) is 19.1 Å². The highest BCUT2D eigenvalue weighted by Crippen LogP contribution is 2.37. The smallest absolute Gasteiger partial charge is 0.138 e. The fraction of sp³-hybridized carbons (Fsp3) is 0.412. The van der Waals surface area contributed by atoms with Gasteiger partial charge in [0.2, 0.25) is 0 Å². The van der Waals surface area contributed by atoms with Crippen molar-refractivity contribution in [2.45, 2.75) is 46.6 Å². The molecule has 0 aliphatic heterocycles. The number of rotatable bonds is 2. The molecule has 0 aliphatic rings. The molecule has 0 bridgehead atoms. The molecule has 0 unspecified atom stereocenters. The summed E-state index contributed by atoms with van der Waals surface area (Å²) in [7, 11) is 0. The van der Waals surface area contributed by atoms with Gasteiger partial charge in [-0.05, 0) is 53.2 Å². The average Bonchev–Trinajstić information content (AvgIpc) is 2.86. The molecule has 3 aromatic rings. The van der Waals surface area contributed by atoms with Gasteiger partial charge in [0.1, 0.15) is 22.7 Å². The van der Waals surface area contributed by atoms with Crippen LogP contribution >= 0.6 is 0 Å². The molecule has 3 nitrogen and oxygen atoms in total. The van der Waals surface area contributed by atoms with E-state index in [1.807, 2.05) is 27.7 Å². The molecule has 20 heavy (non-hydrogen) atoms. The van der Waals surface area contributed by atoms with E-state index in [1.54, 1.807) is 0 Å². The zero-order chi connectivity index (χ0) is 14.7. The predicted octanol–water partition coefficient (Wildman–Crippen LogP) is 4.38. The van der Waals surface area contributed by atoms with E-state index in [4.69, 9.17) is 14.6 Å². The minimum Gasteiger partial charge on any atom is -0.461 e. The number of furan rings is 2. The Morgan fingerprint density at radius 2 is 1.50 bits per heavy atom. The molecule has 1 aromatic carbocycles. The van der Waals surface area contributed by atoms with Gasteiger partial charge in [0, 0.05) is 27.4 Å². The van der Waals surface area contributed by atoms with Crippen LogP contribution in [-0.2, 0) is 6.42 Å². The second-order valence-corrected chi connectivity index (χ2v) is 6.47. The van der Waals surface area contributed by atoms with Gasteiger partial charge in [0.15, 0.2) is 0 Å². The van der Waals surface area contributed by atoms with Crippen LogP contribution in [-0.4, -0.2) is 5.54 Å². The molecule has 0 spiro atoms. The fourth-order valence-corrected chi connectivity index (χ4v) is 2.91. The molecule has 2 aromatic heterocycles. The summed E-state index contributed by atoms with van der Waals surface area (Å²) >= 11 is 0. The average molecular weight is 271 g/mol. The predicted molar refractivity (Wildman–Crippen MR) is 82.2 cm³/mol. The normalized spacial score (nSPS) is 12.7. The first kappa shape index (κ1) is 13.3. The Morgan fingerprint density at radius 1 is 0.950 bits per heavy atom. The Kier molecular flexibility index (Phi) is 2.73. The minimum absolute atomic E-state index is 0.291. The van der Waals surface area contributed by atoms with Gasteiger partial charge in [-0.15, -0.1) is 0 Å². The highest BCUT2D eigenvalue weighted by molar-refractivity contribution is 6.01. The number of hydrogen-bond acceptors (Lipinski definition) is 3. The van der Waals surface area contributed by atoms with Gasteiger partial charge >= 0.3 is 0 Å². The van der Waals surface area contributed by atoms with Crippen LogP contribution in [0.15, 0.2) is 21.0 Å². The number of aryl methyl sites for hydroxylation is 3. The second kappa shape index (κ2) is 4.13. The summed E-state index contributed by atoms with van der Waals surface area (Å²) < 4.78 is 11.8. The first-order valence-electron chi connectivity index (χ1n) is 6.97. The van der Waals surface area contributed by atoms with Crippen molar-refractivity contribution in [1.82, 2.24) is 0 Å². The SMILES string of the molecule is Cc1cc2c(CC(C)(C)N)c3oc(C)cc3c(C)c2o1. The number of benzene rings is 1.